The van der Waals surface area contributed by atoms with Gasteiger partial charge in [-0.15, -0.1) is 0 Å². The highest BCUT2D eigenvalue weighted by atomic mass is 32.2. The molecule has 1 heterocycles. The molecule has 27 heavy (non-hydrogen) atoms. The van der Waals surface area contributed by atoms with Crippen LogP contribution in [-0.2, 0) is 14.8 Å². The predicted molar refractivity (Wildman–Crippen MR) is 94.6 cm³/mol. The number of rotatable bonds is 4. The third-order valence-electron chi connectivity index (χ3n) is 4.47. The number of halogens is 2. The number of nitrogens with zero attached hydrogens (tertiary/aromatic N) is 1. The quantitative estimate of drug-likeness (QED) is 0.832. The minimum atomic E-state index is -3.95. The average Bonchev–Trinajstić information content (AvgIpc) is 2.64. The fourth-order valence-electron chi connectivity index (χ4n) is 2.97. The maximum atomic E-state index is 13.4. The fourth-order valence-corrected chi connectivity index (χ4v) is 4.45. The molecule has 1 aliphatic rings. The lowest BCUT2D eigenvalue weighted by Gasteiger charge is -2.30. The van der Waals surface area contributed by atoms with Gasteiger partial charge in [0.1, 0.15) is 5.75 Å². The Kier molecular flexibility index (Phi) is 5.43. The van der Waals surface area contributed by atoms with E-state index in [1.165, 1.54) is 12.1 Å². The van der Waals surface area contributed by atoms with E-state index in [9.17, 15) is 27.1 Å². The molecule has 3 rings (SSSR count). The number of benzene rings is 2. The summed E-state index contributed by atoms with van der Waals surface area (Å²) in [7, 11) is -3.95. The Hall–Kier alpha value is -2.52. The van der Waals surface area contributed by atoms with Gasteiger partial charge in [-0.3, -0.25) is 4.79 Å². The number of hydrogen-bond acceptors (Lipinski definition) is 4. The molecule has 2 aromatic carbocycles. The second-order valence-electron chi connectivity index (χ2n) is 6.29. The number of phenolic OH excluding ortho intramolecular Hbond substituents is 1. The third-order valence-corrected chi connectivity index (χ3v) is 6.36. The number of hydrogen-bond donors (Lipinski definition) is 2. The molecule has 0 bridgehead atoms. The number of aromatic hydroxyl groups is 1. The summed E-state index contributed by atoms with van der Waals surface area (Å²) in [6.07, 6.45) is 0.598. The van der Waals surface area contributed by atoms with Crippen LogP contribution in [0.2, 0.25) is 0 Å². The van der Waals surface area contributed by atoms with Crippen LogP contribution in [0.1, 0.15) is 12.8 Å². The van der Waals surface area contributed by atoms with E-state index < -0.39 is 21.7 Å². The van der Waals surface area contributed by atoms with E-state index in [0.29, 0.717) is 24.6 Å². The van der Waals surface area contributed by atoms with Crippen molar-refractivity contribution in [2.24, 2.45) is 5.92 Å². The first-order valence-corrected chi connectivity index (χ1v) is 9.76. The van der Waals surface area contributed by atoms with E-state index in [-0.39, 0.29) is 35.6 Å². The molecule has 0 spiro atoms. The largest absolute Gasteiger partial charge is 0.508 e. The normalized spacial score (nSPS) is 16.2. The van der Waals surface area contributed by atoms with Crippen LogP contribution in [-0.4, -0.2) is 36.8 Å². The molecule has 0 atom stereocenters. The smallest absolute Gasteiger partial charge is 0.243 e. The van der Waals surface area contributed by atoms with E-state index in [1.54, 1.807) is 12.1 Å². The van der Waals surface area contributed by atoms with Crippen molar-refractivity contribution >= 4 is 21.6 Å². The molecule has 0 unspecified atom stereocenters. The van der Waals surface area contributed by atoms with Crippen LogP contribution < -0.4 is 5.32 Å². The van der Waals surface area contributed by atoms with Crippen molar-refractivity contribution in [2.45, 2.75) is 17.7 Å². The van der Waals surface area contributed by atoms with Crippen LogP contribution in [0.4, 0.5) is 14.5 Å². The number of carbonyl (C=O) groups is 1. The molecule has 1 aliphatic heterocycles. The van der Waals surface area contributed by atoms with Crippen LogP contribution in [0.15, 0.2) is 47.4 Å². The van der Waals surface area contributed by atoms with E-state index in [0.717, 1.165) is 16.4 Å². The number of sulfonamides is 1. The van der Waals surface area contributed by atoms with Crippen molar-refractivity contribution in [3.05, 3.63) is 54.1 Å². The highest BCUT2D eigenvalue weighted by Gasteiger charge is 2.32. The molecule has 2 N–H and O–H groups in total. The van der Waals surface area contributed by atoms with Gasteiger partial charge in [0.25, 0.3) is 0 Å². The van der Waals surface area contributed by atoms with Gasteiger partial charge in [0.15, 0.2) is 11.6 Å². The Morgan fingerprint density at radius 3 is 2.41 bits per heavy atom. The molecule has 6 nitrogen and oxygen atoms in total. The summed E-state index contributed by atoms with van der Waals surface area (Å²) in [6, 6.07) is 8.59. The van der Waals surface area contributed by atoms with E-state index in [2.05, 4.69) is 5.32 Å². The second kappa shape index (κ2) is 7.61. The van der Waals surface area contributed by atoms with Crippen molar-refractivity contribution in [1.29, 1.82) is 0 Å². The number of nitrogens with one attached hydrogen (secondary N) is 1. The fraction of sp³-hybridized carbons (Fsp3) is 0.278. The number of phenols is 1. The maximum Gasteiger partial charge on any atom is 0.243 e. The standard InChI is InChI=1S/C18H18F2N2O4S/c19-16-5-4-15(11-17(16)20)27(25,26)22-8-6-12(7-9-22)18(24)21-13-2-1-3-14(23)10-13/h1-5,10-12,23H,6-9H2,(H,21,24). The van der Waals surface area contributed by atoms with E-state index in [1.807, 2.05) is 0 Å². The first-order valence-electron chi connectivity index (χ1n) is 8.32. The van der Waals surface area contributed by atoms with Gasteiger partial charge in [-0.25, -0.2) is 17.2 Å². The summed E-state index contributed by atoms with van der Waals surface area (Å²) in [4.78, 5) is 12.0. The Labute approximate surface area is 155 Å². The summed E-state index contributed by atoms with van der Waals surface area (Å²) in [5, 5.41) is 12.1. The lowest BCUT2D eigenvalue weighted by Crippen LogP contribution is -2.41. The molecule has 0 radical (unpaired) electrons. The summed E-state index contributed by atoms with van der Waals surface area (Å²) >= 11 is 0. The van der Waals surface area contributed by atoms with Crippen LogP contribution in [0.3, 0.4) is 0 Å². The molecular weight excluding hydrogens is 378 g/mol. The van der Waals surface area contributed by atoms with Crippen molar-refractivity contribution in [3.8, 4) is 5.75 Å². The van der Waals surface area contributed by atoms with Crippen LogP contribution >= 0.6 is 0 Å². The lowest BCUT2D eigenvalue weighted by molar-refractivity contribution is -0.120. The summed E-state index contributed by atoms with van der Waals surface area (Å²) < 4.78 is 52.7. The molecule has 9 heteroatoms. The number of amides is 1. The van der Waals surface area contributed by atoms with E-state index >= 15 is 0 Å². The van der Waals surface area contributed by atoms with Crippen molar-refractivity contribution in [2.75, 3.05) is 18.4 Å². The van der Waals surface area contributed by atoms with Crippen LogP contribution in [0.25, 0.3) is 0 Å². The second-order valence-corrected chi connectivity index (χ2v) is 8.23. The third kappa shape index (κ3) is 4.25. The zero-order chi connectivity index (χ0) is 19.6. The molecule has 144 valence electrons. The Balaban J connectivity index is 1.64. The summed E-state index contributed by atoms with van der Waals surface area (Å²) in [5.41, 5.74) is 0.455. The molecular formula is C18H18F2N2O4S. The molecule has 2 aromatic rings. The van der Waals surface area contributed by atoms with Crippen LogP contribution in [0.5, 0.6) is 5.75 Å². The Bertz CT molecular complexity index is 958. The molecule has 0 aliphatic carbocycles. The van der Waals surface area contributed by atoms with Gasteiger partial charge in [0, 0.05) is 30.8 Å². The van der Waals surface area contributed by atoms with E-state index in [4.69, 9.17) is 0 Å². The zero-order valence-corrected chi connectivity index (χ0v) is 15.0. The summed E-state index contributed by atoms with van der Waals surface area (Å²) in [6.45, 7) is 0.193. The van der Waals surface area contributed by atoms with Gasteiger partial charge in [-0.05, 0) is 43.2 Å². The van der Waals surface area contributed by atoms with Crippen molar-refractivity contribution in [3.63, 3.8) is 0 Å². The highest BCUT2D eigenvalue weighted by Crippen LogP contribution is 2.26. The lowest BCUT2D eigenvalue weighted by atomic mass is 9.97. The van der Waals surface area contributed by atoms with Crippen LogP contribution in [0, 0.1) is 17.6 Å². The topological polar surface area (TPSA) is 86.7 Å². The molecule has 1 amide bonds. The molecule has 1 fully saturated rings. The minimum absolute atomic E-state index is 0.0280. The van der Waals surface area contributed by atoms with Gasteiger partial charge in [-0.1, -0.05) is 6.07 Å². The number of carbonyl (C=O) groups excluding carboxylic acids is 1. The Morgan fingerprint density at radius 1 is 1.07 bits per heavy atom. The number of anilines is 1. The van der Waals surface area contributed by atoms with Crippen molar-refractivity contribution in [1.82, 2.24) is 4.31 Å². The SMILES string of the molecule is O=C(Nc1cccc(O)c1)C1CCN(S(=O)(=O)c2ccc(F)c(F)c2)CC1. The first-order chi connectivity index (χ1) is 12.8. The van der Waals surface area contributed by atoms with Gasteiger partial charge < -0.3 is 10.4 Å². The Morgan fingerprint density at radius 2 is 1.78 bits per heavy atom. The highest BCUT2D eigenvalue weighted by molar-refractivity contribution is 7.89. The first kappa shape index (κ1) is 19.2. The molecule has 0 saturated carbocycles. The minimum Gasteiger partial charge on any atom is -0.508 e. The average molecular weight is 396 g/mol. The molecule has 0 aromatic heterocycles. The summed E-state index contributed by atoms with van der Waals surface area (Å²) in [5.74, 6) is -2.96. The monoisotopic (exact) mass is 396 g/mol. The zero-order valence-electron chi connectivity index (χ0n) is 14.2. The van der Waals surface area contributed by atoms with Gasteiger partial charge >= 0.3 is 0 Å². The number of piperidine rings is 1. The van der Waals surface area contributed by atoms with Gasteiger partial charge in [-0.2, -0.15) is 4.31 Å². The molecule has 1 saturated heterocycles. The van der Waals surface area contributed by atoms with Crippen molar-refractivity contribution < 1.29 is 27.1 Å². The van der Waals surface area contributed by atoms with Gasteiger partial charge in [0.05, 0.1) is 4.90 Å². The maximum absolute atomic E-state index is 13.4. The van der Waals surface area contributed by atoms with Gasteiger partial charge in [0.2, 0.25) is 15.9 Å². The predicted octanol–water partition coefficient (Wildman–Crippen LogP) is 2.71.